The van der Waals surface area contributed by atoms with Crippen LogP contribution in [0.5, 0.6) is 0 Å². The zero-order chi connectivity index (χ0) is 15.2. The number of hydrogen-bond donors (Lipinski definition) is 2. The molecule has 2 aromatic heterocycles. The van der Waals surface area contributed by atoms with Gasteiger partial charge in [0.2, 0.25) is 17.8 Å². The fourth-order valence-corrected chi connectivity index (χ4v) is 1.95. The highest BCUT2D eigenvalue weighted by atomic mass is 15.3. The van der Waals surface area contributed by atoms with E-state index in [4.69, 9.17) is 0 Å². The molecule has 0 fully saturated rings. The Bertz CT molecular complexity index is 575. The molecule has 0 aromatic carbocycles. The van der Waals surface area contributed by atoms with Gasteiger partial charge in [-0.1, -0.05) is 0 Å². The molecule has 2 aromatic rings. The van der Waals surface area contributed by atoms with Crippen molar-refractivity contribution in [3.63, 3.8) is 0 Å². The first kappa shape index (κ1) is 15.0. The van der Waals surface area contributed by atoms with Gasteiger partial charge in [0.1, 0.15) is 0 Å². The summed E-state index contributed by atoms with van der Waals surface area (Å²) in [5, 5.41) is 10.3. The molecule has 21 heavy (non-hydrogen) atoms. The molecule has 2 rings (SSSR count). The summed E-state index contributed by atoms with van der Waals surface area (Å²) in [6.07, 6.45) is 3.77. The largest absolute Gasteiger partial charge is 0.357 e. The van der Waals surface area contributed by atoms with E-state index in [-0.39, 0.29) is 0 Å². The van der Waals surface area contributed by atoms with Crippen molar-refractivity contribution in [1.82, 2.24) is 24.7 Å². The molecule has 0 radical (unpaired) electrons. The minimum Gasteiger partial charge on any atom is -0.357 e. The zero-order valence-corrected chi connectivity index (χ0v) is 13.0. The van der Waals surface area contributed by atoms with Crippen LogP contribution in [0.15, 0.2) is 12.4 Å². The van der Waals surface area contributed by atoms with Crippen molar-refractivity contribution in [2.24, 2.45) is 7.05 Å². The zero-order valence-electron chi connectivity index (χ0n) is 13.0. The Hall–Kier alpha value is -2.38. The first-order valence-corrected chi connectivity index (χ1v) is 7.06. The van der Waals surface area contributed by atoms with Crippen molar-refractivity contribution in [2.45, 2.75) is 20.4 Å². The SMILES string of the molecule is CCN(CC)c1nc(NC)nc(NCc2cnn(C)c2)n1. The molecule has 0 unspecified atom stereocenters. The Morgan fingerprint density at radius 3 is 2.43 bits per heavy atom. The molecular formula is C13H22N8. The summed E-state index contributed by atoms with van der Waals surface area (Å²) >= 11 is 0. The van der Waals surface area contributed by atoms with Gasteiger partial charge >= 0.3 is 0 Å². The summed E-state index contributed by atoms with van der Waals surface area (Å²) in [4.78, 5) is 15.3. The number of aryl methyl sites for hydroxylation is 1. The third kappa shape index (κ3) is 3.80. The summed E-state index contributed by atoms with van der Waals surface area (Å²) in [5.41, 5.74) is 1.08. The maximum Gasteiger partial charge on any atom is 0.231 e. The highest BCUT2D eigenvalue weighted by Gasteiger charge is 2.10. The molecule has 0 aliphatic carbocycles. The first-order valence-electron chi connectivity index (χ1n) is 7.06. The molecule has 0 atom stereocenters. The molecule has 0 aliphatic rings. The van der Waals surface area contributed by atoms with Gasteiger partial charge in [-0.05, 0) is 13.8 Å². The van der Waals surface area contributed by atoms with Crippen LogP contribution in [0.1, 0.15) is 19.4 Å². The second-order valence-corrected chi connectivity index (χ2v) is 4.58. The summed E-state index contributed by atoms with van der Waals surface area (Å²) in [6.45, 7) is 6.49. The number of nitrogens with zero attached hydrogens (tertiary/aromatic N) is 6. The predicted octanol–water partition coefficient (Wildman–Crippen LogP) is 1.11. The molecule has 114 valence electrons. The van der Waals surface area contributed by atoms with Crippen LogP contribution in [-0.2, 0) is 13.6 Å². The van der Waals surface area contributed by atoms with Crippen LogP contribution >= 0.6 is 0 Å². The van der Waals surface area contributed by atoms with Crippen molar-refractivity contribution in [3.05, 3.63) is 18.0 Å². The monoisotopic (exact) mass is 290 g/mol. The van der Waals surface area contributed by atoms with Gasteiger partial charge in [0.25, 0.3) is 0 Å². The van der Waals surface area contributed by atoms with Crippen LogP contribution in [0.3, 0.4) is 0 Å². The van der Waals surface area contributed by atoms with Gasteiger partial charge in [-0.2, -0.15) is 20.1 Å². The highest BCUT2D eigenvalue weighted by Crippen LogP contribution is 2.13. The second-order valence-electron chi connectivity index (χ2n) is 4.58. The molecule has 2 N–H and O–H groups in total. The number of rotatable bonds is 7. The maximum absolute atomic E-state index is 4.47. The van der Waals surface area contributed by atoms with Crippen LogP contribution in [-0.4, -0.2) is 44.9 Å². The Kier molecular flexibility index (Phi) is 4.91. The first-order chi connectivity index (χ1) is 10.2. The summed E-state index contributed by atoms with van der Waals surface area (Å²) in [7, 11) is 3.69. The Balaban J connectivity index is 2.16. The highest BCUT2D eigenvalue weighted by molar-refractivity contribution is 5.43. The topological polar surface area (TPSA) is 83.8 Å². The summed E-state index contributed by atoms with van der Waals surface area (Å²) in [5.74, 6) is 1.79. The van der Waals surface area contributed by atoms with E-state index in [9.17, 15) is 0 Å². The van der Waals surface area contributed by atoms with Gasteiger partial charge in [0.05, 0.1) is 6.20 Å². The van der Waals surface area contributed by atoms with Gasteiger partial charge in [-0.15, -0.1) is 0 Å². The third-order valence-electron chi connectivity index (χ3n) is 3.10. The number of aromatic nitrogens is 5. The fourth-order valence-electron chi connectivity index (χ4n) is 1.95. The van der Waals surface area contributed by atoms with Crippen LogP contribution in [0.4, 0.5) is 17.8 Å². The fraction of sp³-hybridized carbons (Fsp3) is 0.538. The van der Waals surface area contributed by atoms with Crippen LogP contribution in [0.2, 0.25) is 0 Å². The summed E-state index contributed by atoms with van der Waals surface area (Å²) in [6, 6.07) is 0. The molecule has 0 saturated carbocycles. The molecule has 8 nitrogen and oxygen atoms in total. The smallest absolute Gasteiger partial charge is 0.231 e. The van der Waals surface area contributed by atoms with E-state index in [2.05, 4.69) is 49.4 Å². The minimum absolute atomic E-state index is 0.556. The van der Waals surface area contributed by atoms with E-state index < -0.39 is 0 Å². The number of nitrogens with one attached hydrogen (secondary N) is 2. The van der Waals surface area contributed by atoms with Crippen molar-refractivity contribution < 1.29 is 0 Å². The Morgan fingerprint density at radius 1 is 1.14 bits per heavy atom. The van der Waals surface area contributed by atoms with Gasteiger partial charge in [-0.25, -0.2) is 0 Å². The molecule has 8 heteroatoms. The minimum atomic E-state index is 0.556. The van der Waals surface area contributed by atoms with E-state index in [0.717, 1.165) is 18.7 Å². The Labute approximate surface area is 124 Å². The quantitative estimate of drug-likeness (QED) is 0.790. The lowest BCUT2D eigenvalue weighted by atomic mass is 10.4. The van der Waals surface area contributed by atoms with E-state index in [1.54, 1.807) is 11.7 Å². The van der Waals surface area contributed by atoms with E-state index in [0.29, 0.717) is 24.4 Å². The average molecular weight is 290 g/mol. The molecule has 0 amide bonds. The van der Waals surface area contributed by atoms with Crippen LogP contribution < -0.4 is 15.5 Å². The van der Waals surface area contributed by atoms with Crippen LogP contribution in [0, 0.1) is 0 Å². The Morgan fingerprint density at radius 2 is 1.86 bits per heavy atom. The van der Waals surface area contributed by atoms with Crippen molar-refractivity contribution in [3.8, 4) is 0 Å². The molecule has 0 spiro atoms. The standard InChI is InChI=1S/C13H22N8/c1-5-21(6-2)13-18-11(14-3)17-12(19-13)15-7-10-8-16-20(4)9-10/h8-9H,5-7H2,1-4H3,(H2,14,15,17,18,19). The van der Waals surface area contributed by atoms with Gasteiger partial charge in [0.15, 0.2) is 0 Å². The number of anilines is 3. The molecular weight excluding hydrogens is 268 g/mol. The lowest BCUT2D eigenvalue weighted by Crippen LogP contribution is -2.25. The van der Waals surface area contributed by atoms with E-state index in [1.165, 1.54) is 0 Å². The second kappa shape index (κ2) is 6.87. The average Bonchev–Trinajstić information content (AvgIpc) is 2.92. The number of hydrogen-bond acceptors (Lipinski definition) is 7. The van der Waals surface area contributed by atoms with Gasteiger partial charge in [-0.3, -0.25) is 4.68 Å². The third-order valence-corrected chi connectivity index (χ3v) is 3.10. The van der Waals surface area contributed by atoms with Crippen LogP contribution in [0.25, 0.3) is 0 Å². The van der Waals surface area contributed by atoms with Crippen molar-refractivity contribution in [1.29, 1.82) is 0 Å². The van der Waals surface area contributed by atoms with E-state index >= 15 is 0 Å². The molecule has 0 aliphatic heterocycles. The van der Waals surface area contributed by atoms with E-state index in [1.807, 2.05) is 19.4 Å². The normalized spacial score (nSPS) is 10.5. The molecule has 0 saturated heterocycles. The maximum atomic E-state index is 4.47. The summed E-state index contributed by atoms with van der Waals surface area (Å²) < 4.78 is 1.77. The van der Waals surface area contributed by atoms with Crippen molar-refractivity contribution >= 4 is 17.8 Å². The van der Waals surface area contributed by atoms with Crippen molar-refractivity contribution in [2.75, 3.05) is 35.7 Å². The lowest BCUT2D eigenvalue weighted by molar-refractivity contribution is 0.767. The molecule has 0 bridgehead atoms. The molecule has 2 heterocycles. The predicted molar refractivity (Wildman–Crippen MR) is 83.5 cm³/mol. The lowest BCUT2D eigenvalue weighted by Gasteiger charge is -2.19. The van der Waals surface area contributed by atoms with Gasteiger partial charge in [0, 0.05) is 45.5 Å². The van der Waals surface area contributed by atoms with Gasteiger partial charge < -0.3 is 15.5 Å².